The molecule has 14 heteroatoms. The fraction of sp³-hybridized carbons (Fsp3) is 0.556. The minimum atomic E-state index is -1.11. The summed E-state index contributed by atoms with van der Waals surface area (Å²) in [5.74, 6) is -1.69. The van der Waals surface area contributed by atoms with Gasteiger partial charge in [0.15, 0.2) is 0 Å². The van der Waals surface area contributed by atoms with Gasteiger partial charge in [-0.05, 0) is 43.5 Å². The Morgan fingerprint density at radius 3 is 1.78 bits per heavy atom. The molecule has 0 saturated heterocycles. The van der Waals surface area contributed by atoms with Crippen molar-refractivity contribution >= 4 is 23.6 Å². The summed E-state index contributed by atoms with van der Waals surface area (Å²) in [7, 11) is 0. The van der Waals surface area contributed by atoms with E-state index in [9.17, 15) is 24.3 Å². The van der Waals surface area contributed by atoms with E-state index in [0.29, 0.717) is 37.3 Å². The van der Waals surface area contributed by atoms with Crippen LogP contribution < -0.4 is 27.0 Å². The number of hydrogen-bond donors (Lipinski definition) is 8. The number of imidazole rings is 2. The maximum Gasteiger partial charge on any atom is 0.243 e. The summed E-state index contributed by atoms with van der Waals surface area (Å²) < 4.78 is 0. The molecule has 2 aromatic heterocycles. The van der Waals surface area contributed by atoms with Gasteiger partial charge in [0, 0.05) is 56.0 Å². The van der Waals surface area contributed by atoms with Gasteiger partial charge in [-0.1, -0.05) is 64.0 Å². The molecule has 4 amide bonds. The number of carbonyl (C=O) groups is 4. The Hall–Kier alpha value is -4.72. The van der Waals surface area contributed by atoms with Gasteiger partial charge in [0.05, 0.1) is 12.7 Å². The number of aromatic amines is 2. The van der Waals surface area contributed by atoms with Crippen molar-refractivity contribution in [2.75, 3.05) is 13.1 Å². The summed E-state index contributed by atoms with van der Waals surface area (Å²) >= 11 is 0. The molecule has 2 heterocycles. The molecule has 0 unspecified atom stereocenters. The number of nitrogens with one attached hydrogen (secondary N) is 6. The van der Waals surface area contributed by atoms with Crippen molar-refractivity contribution in [2.45, 2.75) is 115 Å². The van der Waals surface area contributed by atoms with Crippen LogP contribution in [0.5, 0.6) is 5.75 Å². The average molecular weight is 694 g/mol. The SMILES string of the molecule is CCCCCCCCCCC(=O)N[C@@H](Cc1cnc[nH]1)C(=O)N[C@@H](Cc1cnc[nH]1)C(=O)N[C@@H](Cc1ccc(O)cc1)C(=O)NCCCCN. The summed E-state index contributed by atoms with van der Waals surface area (Å²) in [6.07, 6.45) is 16.9. The number of aromatic hydroxyl groups is 1. The first-order valence-electron chi connectivity index (χ1n) is 17.9. The summed E-state index contributed by atoms with van der Waals surface area (Å²) in [6, 6.07) is 3.32. The van der Waals surface area contributed by atoms with Gasteiger partial charge in [-0.2, -0.15) is 0 Å². The minimum Gasteiger partial charge on any atom is -0.508 e. The Morgan fingerprint density at radius 1 is 0.700 bits per heavy atom. The number of unbranched alkanes of at least 4 members (excludes halogenated alkanes) is 8. The zero-order chi connectivity index (χ0) is 36.0. The number of rotatable bonds is 25. The van der Waals surface area contributed by atoms with E-state index in [1.54, 1.807) is 24.5 Å². The van der Waals surface area contributed by atoms with Crippen LogP contribution in [-0.4, -0.2) is 79.9 Å². The summed E-state index contributed by atoms with van der Waals surface area (Å²) in [5, 5.41) is 21.1. The number of amides is 4. The van der Waals surface area contributed by atoms with Gasteiger partial charge in [-0.15, -0.1) is 0 Å². The van der Waals surface area contributed by atoms with Crippen LogP contribution in [0, 0.1) is 0 Å². The van der Waals surface area contributed by atoms with E-state index in [2.05, 4.69) is 48.1 Å². The second-order valence-electron chi connectivity index (χ2n) is 12.7. The molecule has 0 spiro atoms. The lowest BCUT2D eigenvalue weighted by molar-refractivity contribution is -0.133. The van der Waals surface area contributed by atoms with E-state index in [4.69, 9.17) is 5.73 Å². The highest BCUT2D eigenvalue weighted by Gasteiger charge is 2.30. The van der Waals surface area contributed by atoms with Gasteiger partial charge in [0.25, 0.3) is 0 Å². The van der Waals surface area contributed by atoms with E-state index in [-0.39, 0.29) is 36.8 Å². The van der Waals surface area contributed by atoms with Crippen LogP contribution in [0.1, 0.15) is 94.5 Å². The van der Waals surface area contributed by atoms with Crippen molar-refractivity contribution in [3.05, 3.63) is 66.3 Å². The van der Waals surface area contributed by atoms with Crippen LogP contribution in [0.25, 0.3) is 0 Å². The number of H-pyrrole nitrogens is 2. The van der Waals surface area contributed by atoms with Crippen molar-refractivity contribution in [3.8, 4) is 5.75 Å². The first-order valence-corrected chi connectivity index (χ1v) is 17.9. The number of nitrogens with zero attached hydrogens (tertiary/aromatic N) is 2. The summed E-state index contributed by atoms with van der Waals surface area (Å²) in [5.41, 5.74) is 7.55. The molecule has 1 aromatic carbocycles. The Balaban J connectivity index is 1.71. The summed E-state index contributed by atoms with van der Waals surface area (Å²) in [6.45, 7) is 3.08. The van der Waals surface area contributed by atoms with Crippen molar-refractivity contribution in [3.63, 3.8) is 0 Å². The first kappa shape index (κ1) is 39.7. The molecule has 9 N–H and O–H groups in total. The molecule has 3 atom stereocenters. The topological polar surface area (TPSA) is 220 Å². The zero-order valence-electron chi connectivity index (χ0n) is 29.2. The van der Waals surface area contributed by atoms with Crippen molar-refractivity contribution in [2.24, 2.45) is 5.73 Å². The number of benzene rings is 1. The van der Waals surface area contributed by atoms with Crippen LogP contribution in [0.15, 0.2) is 49.3 Å². The number of carbonyl (C=O) groups excluding carboxylic acids is 4. The van der Waals surface area contributed by atoms with Gasteiger partial charge in [0.2, 0.25) is 23.6 Å². The molecule has 0 saturated carbocycles. The molecular formula is C36H55N9O5. The van der Waals surface area contributed by atoms with Gasteiger partial charge in [-0.25, -0.2) is 9.97 Å². The first-order chi connectivity index (χ1) is 24.3. The Bertz CT molecular complexity index is 1400. The number of hydrogen-bond acceptors (Lipinski definition) is 8. The number of nitrogens with two attached hydrogens (primary N) is 1. The predicted octanol–water partition coefficient (Wildman–Crippen LogP) is 2.71. The van der Waals surface area contributed by atoms with E-state index in [0.717, 1.165) is 37.7 Å². The van der Waals surface area contributed by atoms with Gasteiger partial charge < -0.3 is 42.1 Å². The molecule has 0 aliphatic rings. The standard InChI is InChI=1S/C36H55N9O5/c1-2-3-4-5-6-7-8-9-12-33(47)43-31(20-27-22-38-24-41-27)35(49)45-32(21-28-23-39-25-42-28)36(50)44-30(34(48)40-18-11-10-17-37)19-26-13-15-29(46)16-14-26/h13-16,22-25,30-32,46H,2-12,17-21,37H2,1H3,(H,38,41)(H,39,42)(H,40,48)(H,43,47)(H,44,50)(H,45,49)/t30-,31-,32-/m0/s1. The molecule has 274 valence electrons. The fourth-order valence-corrected chi connectivity index (χ4v) is 5.56. The quantitative estimate of drug-likeness (QED) is 0.0615. The number of phenols is 1. The second kappa shape index (κ2) is 22.8. The molecule has 3 aromatic rings. The van der Waals surface area contributed by atoms with Crippen LogP contribution in [0.4, 0.5) is 0 Å². The molecule has 50 heavy (non-hydrogen) atoms. The third-order valence-corrected chi connectivity index (χ3v) is 8.44. The lowest BCUT2D eigenvalue weighted by Crippen LogP contribution is -2.58. The van der Waals surface area contributed by atoms with E-state index >= 15 is 0 Å². The molecule has 0 aliphatic heterocycles. The third-order valence-electron chi connectivity index (χ3n) is 8.44. The highest BCUT2D eigenvalue weighted by molar-refractivity contribution is 5.94. The highest BCUT2D eigenvalue weighted by atomic mass is 16.3. The van der Waals surface area contributed by atoms with Crippen LogP contribution in [0.2, 0.25) is 0 Å². The van der Waals surface area contributed by atoms with Gasteiger partial charge >= 0.3 is 0 Å². The average Bonchev–Trinajstić information content (AvgIpc) is 3.83. The number of phenolic OH excluding ortho intramolecular Hbond substituents is 1. The maximum absolute atomic E-state index is 13.9. The normalized spacial score (nSPS) is 12.8. The van der Waals surface area contributed by atoms with Crippen LogP contribution in [-0.2, 0) is 38.4 Å². The third kappa shape index (κ3) is 15.2. The fourth-order valence-electron chi connectivity index (χ4n) is 5.56. The van der Waals surface area contributed by atoms with Crippen molar-refractivity contribution in [1.82, 2.24) is 41.2 Å². The summed E-state index contributed by atoms with van der Waals surface area (Å²) in [4.78, 5) is 68.0. The van der Waals surface area contributed by atoms with Gasteiger partial charge in [-0.3, -0.25) is 19.2 Å². The van der Waals surface area contributed by atoms with Gasteiger partial charge in [0.1, 0.15) is 23.9 Å². The second-order valence-corrected chi connectivity index (χ2v) is 12.7. The van der Waals surface area contributed by atoms with Crippen LogP contribution >= 0.6 is 0 Å². The molecule has 0 radical (unpaired) electrons. The van der Waals surface area contributed by atoms with Crippen molar-refractivity contribution in [1.29, 1.82) is 0 Å². The predicted molar refractivity (Wildman–Crippen MR) is 191 cm³/mol. The minimum absolute atomic E-state index is 0.0601. The molecule has 3 rings (SSSR count). The largest absolute Gasteiger partial charge is 0.508 e. The maximum atomic E-state index is 13.9. The van der Waals surface area contributed by atoms with E-state index in [1.165, 1.54) is 50.5 Å². The highest BCUT2D eigenvalue weighted by Crippen LogP contribution is 2.13. The molecule has 0 fully saturated rings. The smallest absolute Gasteiger partial charge is 0.243 e. The Kier molecular flexibility index (Phi) is 18.1. The zero-order valence-corrected chi connectivity index (χ0v) is 29.2. The lowest BCUT2D eigenvalue weighted by atomic mass is 10.0. The molecule has 14 nitrogen and oxygen atoms in total. The van der Waals surface area contributed by atoms with Crippen molar-refractivity contribution < 1.29 is 24.3 Å². The van der Waals surface area contributed by atoms with E-state index in [1.807, 2.05) is 0 Å². The molecule has 0 aliphatic carbocycles. The lowest BCUT2D eigenvalue weighted by Gasteiger charge is -2.25. The number of aromatic nitrogens is 4. The monoisotopic (exact) mass is 693 g/mol. The molecule has 0 bridgehead atoms. The Labute approximate surface area is 294 Å². The van der Waals surface area contributed by atoms with E-state index < -0.39 is 29.9 Å². The van der Waals surface area contributed by atoms with Crippen LogP contribution in [0.3, 0.4) is 0 Å². The molecular weight excluding hydrogens is 638 g/mol. The Morgan fingerprint density at radius 2 is 1.24 bits per heavy atom.